The monoisotopic (exact) mass is 477 g/mol. The molecule has 0 fully saturated rings. The number of H-pyrrole nitrogens is 1. The molecule has 4 aromatic rings. The average molecular weight is 478 g/mol. The van der Waals surface area contributed by atoms with Crippen LogP contribution in [0.2, 0.25) is 0 Å². The molecule has 1 amide bonds. The highest BCUT2D eigenvalue weighted by molar-refractivity contribution is 5.88. The maximum absolute atomic E-state index is 14.3. The minimum atomic E-state index is -0.534. The Morgan fingerprint density at radius 2 is 1.80 bits per heavy atom. The molecule has 0 bridgehead atoms. The highest BCUT2D eigenvalue weighted by atomic mass is 19.1. The van der Waals surface area contributed by atoms with E-state index >= 15 is 0 Å². The van der Waals surface area contributed by atoms with Gasteiger partial charge >= 0.3 is 5.69 Å². The van der Waals surface area contributed by atoms with Gasteiger partial charge in [-0.1, -0.05) is 44.2 Å². The highest BCUT2D eigenvalue weighted by Gasteiger charge is 2.19. The first-order valence-corrected chi connectivity index (χ1v) is 11.5. The molecule has 9 heteroatoms. The van der Waals surface area contributed by atoms with Crippen LogP contribution in [0.4, 0.5) is 10.1 Å². The predicted octanol–water partition coefficient (Wildman–Crippen LogP) is 3.67. The number of benzene rings is 2. The number of carbonyl (C=O) groups is 1. The third-order valence-electron chi connectivity index (χ3n) is 5.77. The van der Waals surface area contributed by atoms with Crippen molar-refractivity contribution >= 4 is 22.8 Å². The fraction of sp³-hybridized carbons (Fsp3) is 0.308. The van der Waals surface area contributed by atoms with Crippen LogP contribution < -0.4 is 16.6 Å². The van der Waals surface area contributed by atoms with E-state index in [1.807, 2.05) is 12.1 Å². The third kappa shape index (κ3) is 5.40. The van der Waals surface area contributed by atoms with E-state index in [1.165, 1.54) is 17.6 Å². The number of fused-ring (bicyclic) bond motifs is 1. The van der Waals surface area contributed by atoms with E-state index in [1.54, 1.807) is 30.3 Å². The normalized spacial score (nSPS) is 11.3. The summed E-state index contributed by atoms with van der Waals surface area (Å²) in [6, 6.07) is 13.4. The van der Waals surface area contributed by atoms with Gasteiger partial charge in [-0.2, -0.15) is 0 Å². The Morgan fingerprint density at radius 1 is 1.09 bits per heavy atom. The first kappa shape index (κ1) is 24.1. The molecular formula is C26H28FN5O3. The van der Waals surface area contributed by atoms with E-state index in [0.717, 1.165) is 16.6 Å². The van der Waals surface area contributed by atoms with Crippen molar-refractivity contribution in [2.75, 3.05) is 5.32 Å². The third-order valence-corrected chi connectivity index (χ3v) is 5.77. The molecule has 2 N–H and O–H groups in total. The Morgan fingerprint density at radius 3 is 2.46 bits per heavy atom. The molecule has 0 aliphatic rings. The zero-order chi connectivity index (χ0) is 25.1. The van der Waals surface area contributed by atoms with Crippen LogP contribution in [0.5, 0.6) is 0 Å². The predicted molar refractivity (Wildman–Crippen MR) is 133 cm³/mol. The number of hydrogen-bond donors (Lipinski definition) is 2. The number of anilines is 1. The lowest BCUT2D eigenvalue weighted by Gasteiger charge is -2.12. The molecule has 0 unspecified atom stereocenters. The van der Waals surface area contributed by atoms with Crippen molar-refractivity contribution in [1.82, 2.24) is 19.1 Å². The molecule has 8 nitrogen and oxygen atoms in total. The summed E-state index contributed by atoms with van der Waals surface area (Å²) >= 11 is 0. The number of rotatable bonds is 8. The van der Waals surface area contributed by atoms with Gasteiger partial charge in [0.15, 0.2) is 5.65 Å². The maximum atomic E-state index is 14.3. The quantitative estimate of drug-likeness (QED) is 0.404. The van der Waals surface area contributed by atoms with Crippen molar-refractivity contribution in [3.05, 3.63) is 92.1 Å². The number of nitrogens with one attached hydrogen (secondary N) is 2. The molecule has 0 aliphatic heterocycles. The Labute approximate surface area is 201 Å². The van der Waals surface area contributed by atoms with E-state index in [2.05, 4.69) is 29.1 Å². The lowest BCUT2D eigenvalue weighted by molar-refractivity contribution is -0.114. The second kappa shape index (κ2) is 10.1. The molecule has 2 aromatic heterocycles. The number of hydrogen-bond acceptors (Lipinski definition) is 4. The topological polar surface area (TPSA) is 102 Å². The minimum Gasteiger partial charge on any atom is -0.336 e. The molecule has 35 heavy (non-hydrogen) atoms. The van der Waals surface area contributed by atoms with Crippen molar-refractivity contribution < 1.29 is 9.18 Å². The van der Waals surface area contributed by atoms with Crippen LogP contribution in [0, 0.1) is 11.7 Å². The fourth-order valence-corrected chi connectivity index (χ4v) is 3.93. The Bertz CT molecular complexity index is 1480. The number of carbonyl (C=O) groups excluding carboxylic acids is 1. The zero-order valence-corrected chi connectivity index (χ0v) is 20.0. The van der Waals surface area contributed by atoms with Gasteiger partial charge in [0.05, 0.1) is 6.54 Å². The van der Waals surface area contributed by atoms with E-state index in [4.69, 9.17) is 0 Å². The molecule has 0 saturated carbocycles. The maximum Gasteiger partial charge on any atom is 0.333 e. The molecule has 2 aromatic carbocycles. The molecule has 0 spiro atoms. The number of amides is 1. The van der Waals surface area contributed by atoms with Gasteiger partial charge in [-0.05, 0) is 36.1 Å². The van der Waals surface area contributed by atoms with Crippen LogP contribution in [0.1, 0.15) is 44.1 Å². The van der Waals surface area contributed by atoms with Gasteiger partial charge in [0.2, 0.25) is 5.91 Å². The number of nitrogens with zero attached hydrogens (tertiary/aromatic N) is 3. The van der Waals surface area contributed by atoms with Gasteiger partial charge in [-0.25, -0.2) is 14.2 Å². The summed E-state index contributed by atoms with van der Waals surface area (Å²) in [5, 5.41) is 2.72. The highest BCUT2D eigenvalue weighted by Crippen LogP contribution is 2.15. The number of aromatic amines is 1. The first-order chi connectivity index (χ1) is 16.7. The molecule has 0 radical (unpaired) electrons. The van der Waals surface area contributed by atoms with Crippen LogP contribution in [0.15, 0.2) is 58.1 Å². The lowest BCUT2D eigenvalue weighted by Crippen LogP contribution is -2.40. The van der Waals surface area contributed by atoms with Crippen molar-refractivity contribution in [2.24, 2.45) is 5.92 Å². The standard InChI is InChI=1S/C26H28FN5O3/c1-16(2)12-13-31-24-23(25(34)32(26(31)35)15-19-6-4-5-7-21(19)27)29-22(30-24)14-18-8-10-20(11-9-18)28-17(3)33/h4-11,16H,12-15H2,1-3H3,(H,28,33)(H,29,30). The van der Waals surface area contributed by atoms with Gasteiger partial charge in [0, 0.05) is 31.1 Å². The fourth-order valence-electron chi connectivity index (χ4n) is 3.93. The van der Waals surface area contributed by atoms with Crippen molar-refractivity contribution in [2.45, 2.75) is 46.7 Å². The summed E-state index contributed by atoms with van der Waals surface area (Å²) in [7, 11) is 0. The summed E-state index contributed by atoms with van der Waals surface area (Å²) < 4.78 is 16.8. The summed E-state index contributed by atoms with van der Waals surface area (Å²) in [5.74, 6) is 0.247. The van der Waals surface area contributed by atoms with E-state index in [0.29, 0.717) is 36.0 Å². The number of halogens is 1. The van der Waals surface area contributed by atoms with E-state index in [-0.39, 0.29) is 23.5 Å². The average Bonchev–Trinajstić information content (AvgIpc) is 3.22. The summed E-state index contributed by atoms with van der Waals surface area (Å²) in [6.45, 7) is 5.78. The van der Waals surface area contributed by atoms with Gasteiger partial charge < -0.3 is 10.3 Å². The van der Waals surface area contributed by atoms with Gasteiger partial charge in [-0.15, -0.1) is 0 Å². The van der Waals surface area contributed by atoms with Gasteiger partial charge in [-0.3, -0.25) is 18.7 Å². The van der Waals surface area contributed by atoms with Crippen molar-refractivity contribution in [3.8, 4) is 0 Å². The van der Waals surface area contributed by atoms with Crippen LogP contribution in [-0.4, -0.2) is 25.0 Å². The number of aryl methyl sites for hydroxylation is 1. The Balaban J connectivity index is 1.75. The Kier molecular flexibility index (Phi) is 6.95. The second-order valence-electron chi connectivity index (χ2n) is 9.04. The van der Waals surface area contributed by atoms with E-state index in [9.17, 15) is 18.8 Å². The second-order valence-corrected chi connectivity index (χ2v) is 9.04. The molecule has 4 rings (SSSR count). The molecule has 0 atom stereocenters. The summed E-state index contributed by atoms with van der Waals surface area (Å²) in [4.78, 5) is 45.5. The van der Waals surface area contributed by atoms with Crippen LogP contribution in [-0.2, 0) is 24.3 Å². The van der Waals surface area contributed by atoms with Crippen LogP contribution in [0.25, 0.3) is 11.2 Å². The molecule has 0 saturated heterocycles. The smallest absolute Gasteiger partial charge is 0.333 e. The zero-order valence-electron chi connectivity index (χ0n) is 20.0. The molecular weight excluding hydrogens is 449 g/mol. The van der Waals surface area contributed by atoms with Crippen LogP contribution >= 0.6 is 0 Å². The summed E-state index contributed by atoms with van der Waals surface area (Å²) in [5.41, 5.74) is 1.34. The number of imidazole rings is 1. The van der Waals surface area contributed by atoms with Crippen molar-refractivity contribution in [1.29, 1.82) is 0 Å². The minimum absolute atomic E-state index is 0.152. The Hall–Kier alpha value is -4.01. The largest absolute Gasteiger partial charge is 0.336 e. The first-order valence-electron chi connectivity index (χ1n) is 11.5. The summed E-state index contributed by atoms with van der Waals surface area (Å²) in [6.07, 6.45) is 1.12. The van der Waals surface area contributed by atoms with E-state index < -0.39 is 17.1 Å². The number of aromatic nitrogens is 4. The lowest BCUT2D eigenvalue weighted by atomic mass is 10.1. The molecule has 0 aliphatic carbocycles. The SMILES string of the molecule is CC(=O)Nc1ccc(Cc2nc3c([nH]2)c(=O)n(Cc2ccccc2F)c(=O)n3CCC(C)C)cc1. The molecule has 2 heterocycles. The van der Waals surface area contributed by atoms with Gasteiger partial charge in [0.25, 0.3) is 5.56 Å². The van der Waals surface area contributed by atoms with Crippen LogP contribution in [0.3, 0.4) is 0 Å². The van der Waals surface area contributed by atoms with Gasteiger partial charge in [0.1, 0.15) is 17.2 Å². The van der Waals surface area contributed by atoms with Crippen molar-refractivity contribution in [3.63, 3.8) is 0 Å². The molecule has 182 valence electrons.